The quantitative estimate of drug-likeness (QED) is 0.846. The molecule has 3 rings (SSSR count). The summed E-state index contributed by atoms with van der Waals surface area (Å²) < 4.78 is 6.56. The van der Waals surface area contributed by atoms with E-state index in [9.17, 15) is 5.26 Å². The average Bonchev–Trinajstić information content (AvgIpc) is 3.10. The Morgan fingerprint density at radius 1 is 1.55 bits per heavy atom. The van der Waals surface area contributed by atoms with Crippen LogP contribution in [0.1, 0.15) is 41.8 Å². The van der Waals surface area contributed by atoms with E-state index in [1.54, 1.807) is 11.3 Å². The molecule has 0 unspecified atom stereocenters. The molecule has 1 aliphatic rings. The molecule has 3 N–H and O–H groups in total. The Morgan fingerprint density at radius 3 is 3.00 bits per heavy atom. The van der Waals surface area contributed by atoms with Gasteiger partial charge in [-0.25, -0.2) is 0 Å². The number of nitrogens with zero attached hydrogens (tertiary/aromatic N) is 2. The molecule has 0 amide bonds. The fourth-order valence-corrected chi connectivity index (χ4v) is 4.16. The predicted molar refractivity (Wildman–Crippen MR) is 88.5 cm³/mol. The summed E-state index contributed by atoms with van der Waals surface area (Å²) in [5.41, 5.74) is 8.33. The summed E-state index contributed by atoms with van der Waals surface area (Å²) in [6.45, 7) is 2.14. The number of aryl methyl sites for hydroxylation is 1. The second kappa shape index (κ2) is 6.15. The van der Waals surface area contributed by atoms with Crippen molar-refractivity contribution in [3.05, 3.63) is 43.5 Å². The smallest absolute Gasteiger partial charge is 0.244 e. The fraction of sp³-hybridized carbons (Fsp3) is 0.333. The molecule has 22 heavy (non-hydrogen) atoms. The summed E-state index contributed by atoms with van der Waals surface area (Å²) in [4.78, 5) is 1.05. The number of unbranched alkanes of at least 4 members (excludes halogenated alkanes) is 1. The van der Waals surface area contributed by atoms with E-state index in [1.165, 1.54) is 0 Å². The molecular formula is C15H15BrN4OS. The minimum Gasteiger partial charge on any atom is -0.420 e. The van der Waals surface area contributed by atoms with E-state index in [4.69, 9.17) is 10.5 Å². The van der Waals surface area contributed by atoms with Gasteiger partial charge in [-0.2, -0.15) is 5.26 Å². The van der Waals surface area contributed by atoms with Crippen LogP contribution in [0.25, 0.3) is 0 Å². The van der Waals surface area contributed by atoms with Crippen LogP contribution in [0, 0.1) is 11.3 Å². The molecular weight excluding hydrogens is 364 g/mol. The SMILES string of the molecule is CCCCc1[nH]nc2c1[C@@H](c1ccc(Br)s1)C(C#N)=C(N)O2. The highest BCUT2D eigenvalue weighted by Crippen LogP contribution is 2.45. The Labute approximate surface area is 140 Å². The van der Waals surface area contributed by atoms with Crippen LogP contribution in [0.4, 0.5) is 0 Å². The maximum absolute atomic E-state index is 9.52. The van der Waals surface area contributed by atoms with E-state index in [0.29, 0.717) is 11.5 Å². The monoisotopic (exact) mass is 378 g/mol. The highest BCUT2D eigenvalue weighted by molar-refractivity contribution is 9.11. The van der Waals surface area contributed by atoms with E-state index in [0.717, 1.165) is 39.2 Å². The number of aromatic amines is 1. The van der Waals surface area contributed by atoms with Crippen molar-refractivity contribution in [1.29, 1.82) is 5.26 Å². The molecule has 0 saturated heterocycles. The van der Waals surface area contributed by atoms with Gasteiger partial charge in [0.1, 0.15) is 11.6 Å². The Morgan fingerprint density at radius 2 is 2.36 bits per heavy atom. The van der Waals surface area contributed by atoms with Crippen LogP contribution in [0.3, 0.4) is 0 Å². The second-order valence-corrected chi connectivity index (χ2v) is 7.59. The van der Waals surface area contributed by atoms with Gasteiger partial charge < -0.3 is 10.5 Å². The van der Waals surface area contributed by atoms with Gasteiger partial charge in [0.05, 0.1) is 15.3 Å². The Balaban J connectivity index is 2.13. The largest absolute Gasteiger partial charge is 0.420 e. The molecule has 0 aromatic carbocycles. The first-order valence-electron chi connectivity index (χ1n) is 7.05. The van der Waals surface area contributed by atoms with Crippen LogP contribution < -0.4 is 10.5 Å². The predicted octanol–water partition coefficient (Wildman–Crippen LogP) is 3.79. The molecule has 0 aliphatic carbocycles. The number of ether oxygens (including phenoxy) is 1. The van der Waals surface area contributed by atoms with Gasteiger partial charge in [0.25, 0.3) is 0 Å². The van der Waals surface area contributed by atoms with Crippen LogP contribution in [-0.4, -0.2) is 10.2 Å². The minimum atomic E-state index is -0.212. The van der Waals surface area contributed by atoms with Crippen molar-refractivity contribution in [2.75, 3.05) is 0 Å². The van der Waals surface area contributed by atoms with Crippen molar-refractivity contribution in [1.82, 2.24) is 10.2 Å². The van der Waals surface area contributed by atoms with Crippen LogP contribution in [-0.2, 0) is 6.42 Å². The third-order valence-electron chi connectivity index (χ3n) is 3.68. The number of halogens is 1. The van der Waals surface area contributed by atoms with E-state index >= 15 is 0 Å². The fourth-order valence-electron chi connectivity index (χ4n) is 2.62. The highest BCUT2D eigenvalue weighted by Gasteiger charge is 2.35. The van der Waals surface area contributed by atoms with Gasteiger partial charge in [-0.05, 0) is 40.9 Å². The van der Waals surface area contributed by atoms with Crippen LogP contribution in [0.2, 0.25) is 0 Å². The van der Waals surface area contributed by atoms with Crippen molar-refractivity contribution >= 4 is 27.3 Å². The standard InChI is InChI=1S/C15H15BrN4OS/c1-2-3-4-9-13-12(10-5-6-11(16)22-10)8(7-17)14(18)21-15(13)20-19-9/h5-6,12H,2-4,18H2,1H3,(H,19,20)/t12-/m1/s1. The minimum absolute atomic E-state index is 0.137. The van der Waals surface area contributed by atoms with Crippen LogP contribution >= 0.6 is 27.3 Å². The summed E-state index contributed by atoms with van der Waals surface area (Å²) in [5.74, 6) is 0.408. The van der Waals surface area contributed by atoms with Crippen molar-refractivity contribution in [3.8, 4) is 11.9 Å². The maximum Gasteiger partial charge on any atom is 0.244 e. The van der Waals surface area contributed by atoms with Crippen LogP contribution in [0.5, 0.6) is 5.88 Å². The Bertz CT molecular complexity index is 771. The van der Waals surface area contributed by atoms with Crippen molar-refractivity contribution in [2.24, 2.45) is 5.73 Å². The van der Waals surface area contributed by atoms with E-state index in [1.807, 2.05) is 12.1 Å². The van der Waals surface area contributed by atoms with E-state index in [2.05, 4.69) is 39.1 Å². The highest BCUT2D eigenvalue weighted by atomic mass is 79.9. The number of hydrogen-bond acceptors (Lipinski definition) is 5. The number of thiophene rings is 1. The Kier molecular flexibility index (Phi) is 4.23. The van der Waals surface area contributed by atoms with Gasteiger partial charge in [0.2, 0.25) is 11.8 Å². The molecule has 3 heterocycles. The molecule has 1 aliphatic heterocycles. The normalized spacial score (nSPS) is 17.0. The molecule has 114 valence electrons. The molecule has 7 heteroatoms. The molecule has 0 spiro atoms. The molecule has 2 aromatic heterocycles. The topological polar surface area (TPSA) is 87.7 Å². The number of hydrogen-bond donors (Lipinski definition) is 2. The number of rotatable bonds is 4. The van der Waals surface area contributed by atoms with Gasteiger partial charge in [-0.1, -0.05) is 13.3 Å². The van der Waals surface area contributed by atoms with E-state index in [-0.39, 0.29) is 11.8 Å². The maximum atomic E-state index is 9.52. The van der Waals surface area contributed by atoms with Gasteiger partial charge in [-0.15, -0.1) is 16.4 Å². The zero-order valence-corrected chi connectivity index (χ0v) is 14.4. The molecule has 2 aromatic rings. The number of aromatic nitrogens is 2. The van der Waals surface area contributed by atoms with Crippen LogP contribution in [0.15, 0.2) is 27.4 Å². The number of H-pyrrole nitrogens is 1. The number of nitrogens with one attached hydrogen (secondary N) is 1. The van der Waals surface area contributed by atoms with Crippen molar-refractivity contribution < 1.29 is 4.74 Å². The van der Waals surface area contributed by atoms with Gasteiger partial charge >= 0.3 is 0 Å². The molecule has 0 saturated carbocycles. The van der Waals surface area contributed by atoms with Crippen molar-refractivity contribution in [2.45, 2.75) is 32.1 Å². The van der Waals surface area contributed by atoms with Gasteiger partial charge in [0, 0.05) is 10.6 Å². The molecule has 0 bridgehead atoms. The lowest BCUT2D eigenvalue weighted by Gasteiger charge is -2.22. The Hall–Kier alpha value is -1.78. The second-order valence-electron chi connectivity index (χ2n) is 5.09. The summed E-state index contributed by atoms with van der Waals surface area (Å²) in [5, 5.41) is 16.8. The number of fused-ring (bicyclic) bond motifs is 1. The first kappa shape index (κ1) is 15.1. The summed E-state index contributed by atoms with van der Waals surface area (Å²) in [6, 6.07) is 6.19. The lowest BCUT2D eigenvalue weighted by Crippen LogP contribution is -2.20. The summed E-state index contributed by atoms with van der Waals surface area (Å²) >= 11 is 5.07. The molecule has 0 fully saturated rings. The summed E-state index contributed by atoms with van der Waals surface area (Å²) in [7, 11) is 0. The average molecular weight is 379 g/mol. The summed E-state index contributed by atoms with van der Waals surface area (Å²) in [6.07, 6.45) is 3.02. The lowest BCUT2D eigenvalue weighted by molar-refractivity contribution is 0.379. The zero-order valence-electron chi connectivity index (χ0n) is 12.0. The van der Waals surface area contributed by atoms with Crippen molar-refractivity contribution in [3.63, 3.8) is 0 Å². The number of nitriles is 1. The third-order valence-corrected chi connectivity index (χ3v) is 5.37. The van der Waals surface area contributed by atoms with Gasteiger partial charge in [-0.3, -0.25) is 5.10 Å². The number of allylic oxidation sites excluding steroid dienone is 1. The van der Waals surface area contributed by atoms with E-state index < -0.39 is 0 Å². The van der Waals surface area contributed by atoms with Gasteiger partial charge in [0.15, 0.2) is 0 Å². The zero-order chi connectivity index (χ0) is 15.7. The molecule has 5 nitrogen and oxygen atoms in total. The third kappa shape index (κ3) is 2.53. The lowest BCUT2D eigenvalue weighted by atomic mass is 9.88. The number of nitrogens with two attached hydrogens (primary N) is 1. The molecule has 1 atom stereocenters. The first-order valence-corrected chi connectivity index (χ1v) is 8.66. The molecule has 0 radical (unpaired) electrons. The first-order chi connectivity index (χ1) is 10.7.